The minimum absolute atomic E-state index is 0.0349. The van der Waals surface area contributed by atoms with E-state index >= 15 is 0 Å². The van der Waals surface area contributed by atoms with Crippen molar-refractivity contribution in [3.63, 3.8) is 0 Å². The minimum atomic E-state index is 0.0349. The van der Waals surface area contributed by atoms with Gasteiger partial charge < -0.3 is 9.84 Å². The van der Waals surface area contributed by atoms with Crippen molar-refractivity contribution in [3.8, 4) is 11.5 Å². The standard InChI is InChI=1S/C26H42O2/c1-8-9-10-11-17-26(5,6)22-18-24(27)23(25(19-22)28-7)16-15-21(4)14-12-13-20(2)3/h13,15,18-19,27H,8-12,14,16-17H2,1-7H3/b21-15+. The lowest BCUT2D eigenvalue weighted by Gasteiger charge is -2.27. The molecule has 0 aliphatic rings. The van der Waals surface area contributed by atoms with Crippen molar-refractivity contribution in [3.05, 3.63) is 46.6 Å². The highest BCUT2D eigenvalue weighted by atomic mass is 16.5. The number of hydrogen-bond donors (Lipinski definition) is 1. The van der Waals surface area contributed by atoms with E-state index in [0.717, 1.165) is 36.1 Å². The van der Waals surface area contributed by atoms with E-state index < -0.39 is 0 Å². The highest BCUT2D eigenvalue weighted by molar-refractivity contribution is 5.50. The van der Waals surface area contributed by atoms with Crippen LogP contribution in [0, 0.1) is 0 Å². The van der Waals surface area contributed by atoms with E-state index in [4.69, 9.17) is 4.74 Å². The molecule has 0 aromatic heterocycles. The van der Waals surface area contributed by atoms with Gasteiger partial charge in [-0.15, -0.1) is 0 Å². The lowest BCUT2D eigenvalue weighted by atomic mass is 9.79. The molecule has 1 N–H and O–H groups in total. The minimum Gasteiger partial charge on any atom is -0.508 e. The van der Waals surface area contributed by atoms with E-state index in [9.17, 15) is 5.11 Å². The van der Waals surface area contributed by atoms with Crippen LogP contribution in [0.3, 0.4) is 0 Å². The fourth-order valence-corrected chi connectivity index (χ4v) is 3.51. The highest BCUT2D eigenvalue weighted by Crippen LogP contribution is 2.38. The summed E-state index contributed by atoms with van der Waals surface area (Å²) in [7, 11) is 1.70. The van der Waals surface area contributed by atoms with E-state index in [1.807, 2.05) is 6.07 Å². The van der Waals surface area contributed by atoms with Gasteiger partial charge in [0.2, 0.25) is 0 Å². The molecule has 0 spiro atoms. The Hall–Kier alpha value is -1.70. The lowest BCUT2D eigenvalue weighted by Crippen LogP contribution is -2.17. The molecule has 2 nitrogen and oxygen atoms in total. The van der Waals surface area contributed by atoms with Crippen molar-refractivity contribution >= 4 is 0 Å². The zero-order valence-corrected chi connectivity index (χ0v) is 19.3. The van der Waals surface area contributed by atoms with Crippen molar-refractivity contribution < 1.29 is 9.84 Å². The van der Waals surface area contributed by atoms with Gasteiger partial charge in [-0.2, -0.15) is 0 Å². The fraction of sp³-hybridized carbons (Fsp3) is 0.615. The summed E-state index contributed by atoms with van der Waals surface area (Å²) < 4.78 is 5.65. The summed E-state index contributed by atoms with van der Waals surface area (Å²) in [6.07, 6.45) is 13.5. The van der Waals surface area contributed by atoms with Gasteiger partial charge in [0, 0.05) is 5.56 Å². The maximum Gasteiger partial charge on any atom is 0.126 e. The molecule has 2 heteroatoms. The van der Waals surface area contributed by atoms with Gasteiger partial charge in [-0.1, -0.05) is 69.8 Å². The molecular weight excluding hydrogens is 344 g/mol. The molecule has 1 aromatic carbocycles. The molecule has 1 rings (SSSR count). The third kappa shape index (κ3) is 8.12. The van der Waals surface area contributed by atoms with Crippen LogP contribution in [0.25, 0.3) is 0 Å². The summed E-state index contributed by atoms with van der Waals surface area (Å²) in [6.45, 7) is 13.2. The molecule has 1 aromatic rings. The van der Waals surface area contributed by atoms with Crippen LogP contribution in [0.2, 0.25) is 0 Å². The van der Waals surface area contributed by atoms with Gasteiger partial charge in [-0.05, 0) is 69.6 Å². The van der Waals surface area contributed by atoms with Gasteiger partial charge in [0.1, 0.15) is 11.5 Å². The van der Waals surface area contributed by atoms with Crippen LogP contribution >= 0.6 is 0 Å². The van der Waals surface area contributed by atoms with Gasteiger partial charge in [0.05, 0.1) is 7.11 Å². The van der Waals surface area contributed by atoms with Gasteiger partial charge in [-0.25, -0.2) is 0 Å². The first-order valence-corrected chi connectivity index (χ1v) is 10.9. The maximum absolute atomic E-state index is 10.7. The first-order chi connectivity index (χ1) is 13.2. The Morgan fingerprint density at radius 2 is 1.79 bits per heavy atom. The Morgan fingerprint density at radius 3 is 2.39 bits per heavy atom. The molecule has 158 valence electrons. The number of benzene rings is 1. The second-order valence-electron chi connectivity index (χ2n) is 8.95. The Bertz CT molecular complexity index is 661. The molecule has 0 fully saturated rings. The normalized spacial score (nSPS) is 12.2. The van der Waals surface area contributed by atoms with E-state index in [2.05, 4.69) is 59.8 Å². The second-order valence-corrected chi connectivity index (χ2v) is 8.95. The Morgan fingerprint density at radius 1 is 1.07 bits per heavy atom. The van der Waals surface area contributed by atoms with Gasteiger partial charge >= 0.3 is 0 Å². The number of aromatic hydroxyl groups is 1. The van der Waals surface area contributed by atoms with Crippen LogP contribution < -0.4 is 4.74 Å². The quantitative estimate of drug-likeness (QED) is 0.292. The lowest BCUT2D eigenvalue weighted by molar-refractivity contribution is 0.392. The summed E-state index contributed by atoms with van der Waals surface area (Å²) in [5.74, 6) is 1.15. The predicted molar refractivity (Wildman–Crippen MR) is 123 cm³/mol. The predicted octanol–water partition coefficient (Wildman–Crippen LogP) is 7.88. The highest BCUT2D eigenvalue weighted by Gasteiger charge is 2.23. The molecule has 0 saturated carbocycles. The van der Waals surface area contributed by atoms with Crippen LogP contribution in [-0.4, -0.2) is 12.2 Å². The van der Waals surface area contributed by atoms with E-state index in [-0.39, 0.29) is 5.41 Å². The first kappa shape index (κ1) is 24.3. The smallest absolute Gasteiger partial charge is 0.126 e. The fourth-order valence-electron chi connectivity index (χ4n) is 3.51. The number of unbranched alkanes of at least 4 members (excludes halogenated alkanes) is 3. The van der Waals surface area contributed by atoms with Crippen LogP contribution in [0.5, 0.6) is 11.5 Å². The molecular formula is C26H42O2. The van der Waals surface area contributed by atoms with Crippen molar-refractivity contribution in [2.45, 2.75) is 98.3 Å². The topological polar surface area (TPSA) is 29.5 Å². The number of phenolic OH excluding ortho intramolecular Hbond substituents is 1. The van der Waals surface area contributed by atoms with Crippen molar-refractivity contribution in [1.82, 2.24) is 0 Å². The largest absolute Gasteiger partial charge is 0.508 e. The third-order valence-corrected chi connectivity index (χ3v) is 5.59. The number of rotatable bonds is 12. The Kier molecular flexibility index (Phi) is 10.4. The molecule has 0 atom stereocenters. The zero-order chi connectivity index (χ0) is 21.2. The SMILES string of the molecule is CCCCCCC(C)(C)c1cc(O)c(C/C=C(\C)CCC=C(C)C)c(OC)c1. The molecule has 0 aliphatic heterocycles. The molecule has 0 radical (unpaired) electrons. The second kappa shape index (κ2) is 12.0. The van der Waals surface area contributed by atoms with Crippen LogP contribution in [0.15, 0.2) is 35.4 Å². The maximum atomic E-state index is 10.7. The van der Waals surface area contributed by atoms with Crippen LogP contribution in [0.4, 0.5) is 0 Å². The average molecular weight is 387 g/mol. The first-order valence-electron chi connectivity index (χ1n) is 10.9. The number of hydrogen-bond acceptors (Lipinski definition) is 2. The van der Waals surface area contributed by atoms with Crippen LogP contribution in [-0.2, 0) is 11.8 Å². The molecule has 0 amide bonds. The average Bonchev–Trinajstić information content (AvgIpc) is 2.63. The zero-order valence-electron chi connectivity index (χ0n) is 19.3. The molecule has 0 aliphatic carbocycles. The molecule has 0 unspecified atom stereocenters. The third-order valence-electron chi connectivity index (χ3n) is 5.59. The van der Waals surface area contributed by atoms with Gasteiger partial charge in [0.15, 0.2) is 0 Å². The van der Waals surface area contributed by atoms with E-state index in [1.54, 1.807) is 7.11 Å². The number of phenols is 1. The molecule has 0 saturated heterocycles. The summed E-state index contributed by atoms with van der Waals surface area (Å²) in [4.78, 5) is 0. The summed E-state index contributed by atoms with van der Waals surface area (Å²) >= 11 is 0. The van der Waals surface area contributed by atoms with Crippen molar-refractivity contribution in [1.29, 1.82) is 0 Å². The number of methoxy groups -OCH3 is 1. The monoisotopic (exact) mass is 386 g/mol. The van der Waals surface area contributed by atoms with Crippen molar-refractivity contribution in [2.24, 2.45) is 0 Å². The van der Waals surface area contributed by atoms with Gasteiger partial charge in [-0.3, -0.25) is 0 Å². The summed E-state index contributed by atoms with van der Waals surface area (Å²) in [6, 6.07) is 4.07. The number of allylic oxidation sites excluding steroid dienone is 4. The molecule has 28 heavy (non-hydrogen) atoms. The summed E-state index contributed by atoms with van der Waals surface area (Å²) in [5, 5.41) is 10.7. The molecule has 0 heterocycles. The van der Waals surface area contributed by atoms with E-state index in [0.29, 0.717) is 12.2 Å². The van der Waals surface area contributed by atoms with Crippen LogP contribution in [0.1, 0.15) is 97.6 Å². The Balaban J connectivity index is 2.91. The Labute approximate surface area is 173 Å². The summed E-state index contributed by atoms with van der Waals surface area (Å²) in [5.41, 5.74) is 4.79. The van der Waals surface area contributed by atoms with Gasteiger partial charge in [0.25, 0.3) is 0 Å². The molecule has 0 bridgehead atoms. The van der Waals surface area contributed by atoms with Crippen molar-refractivity contribution in [2.75, 3.05) is 7.11 Å². The van der Waals surface area contributed by atoms with E-state index in [1.165, 1.54) is 36.8 Å². The number of ether oxygens (including phenoxy) is 1.